The van der Waals surface area contributed by atoms with Crippen LogP contribution in [-0.2, 0) is 0 Å². The molecule has 1 unspecified atom stereocenters. The van der Waals surface area contributed by atoms with Gasteiger partial charge in [-0.25, -0.2) is 0 Å². The predicted octanol–water partition coefficient (Wildman–Crippen LogP) is 1.52. The molecule has 1 aromatic rings. The first kappa shape index (κ1) is 12.5. The zero-order valence-corrected chi connectivity index (χ0v) is 11.2. The van der Waals surface area contributed by atoms with Crippen molar-refractivity contribution in [2.45, 2.75) is 25.8 Å². The first-order valence-electron chi connectivity index (χ1n) is 6.96. The molecule has 3 heterocycles. The van der Waals surface area contributed by atoms with Gasteiger partial charge < -0.3 is 15.3 Å². The number of benzene rings is 1. The van der Waals surface area contributed by atoms with E-state index in [1.165, 1.54) is 25.9 Å². The summed E-state index contributed by atoms with van der Waals surface area (Å²) in [5.41, 5.74) is 1.37. The molecule has 0 aromatic heterocycles. The molecule has 4 rings (SSSR count). The van der Waals surface area contributed by atoms with Crippen LogP contribution in [-0.4, -0.2) is 41.6 Å². The fraction of sp³-hybridized carbons (Fsp3) is 0.533. The standard InChI is InChI=1S/C15H20N2O2/c1-10-8-12(2-3-14(10)18)15(19)16-13-9-17-6-4-11(13)5-7-17/h2-3,8,11,13,18H,4-7,9H2,1H3,(H,16,19). The lowest BCUT2D eigenvalue weighted by molar-refractivity contribution is 0.0620. The molecule has 102 valence electrons. The highest BCUT2D eigenvalue weighted by molar-refractivity contribution is 5.94. The number of amides is 1. The number of phenolic OH excluding ortho intramolecular Hbond substituents is 1. The van der Waals surface area contributed by atoms with E-state index in [2.05, 4.69) is 10.2 Å². The highest BCUT2D eigenvalue weighted by atomic mass is 16.3. The Kier molecular flexibility index (Phi) is 3.19. The monoisotopic (exact) mass is 260 g/mol. The molecule has 2 bridgehead atoms. The Hall–Kier alpha value is -1.55. The van der Waals surface area contributed by atoms with Crippen LogP contribution in [0.25, 0.3) is 0 Å². The summed E-state index contributed by atoms with van der Waals surface area (Å²) in [6, 6.07) is 5.29. The van der Waals surface area contributed by atoms with Gasteiger partial charge in [-0.05, 0) is 62.5 Å². The molecule has 0 spiro atoms. The van der Waals surface area contributed by atoms with E-state index in [4.69, 9.17) is 0 Å². The molecule has 0 saturated carbocycles. The van der Waals surface area contributed by atoms with Crippen molar-refractivity contribution in [1.29, 1.82) is 0 Å². The molecule has 0 radical (unpaired) electrons. The molecule has 2 N–H and O–H groups in total. The maximum absolute atomic E-state index is 12.2. The van der Waals surface area contributed by atoms with Gasteiger partial charge in [0.25, 0.3) is 5.91 Å². The Morgan fingerprint density at radius 2 is 2.11 bits per heavy atom. The van der Waals surface area contributed by atoms with Gasteiger partial charge in [-0.3, -0.25) is 4.79 Å². The van der Waals surface area contributed by atoms with Crippen molar-refractivity contribution in [2.75, 3.05) is 19.6 Å². The SMILES string of the molecule is Cc1cc(C(=O)NC2CN3CCC2CC3)ccc1O. The third-order valence-corrected chi connectivity index (χ3v) is 4.43. The number of fused-ring (bicyclic) bond motifs is 3. The molecule has 1 aromatic carbocycles. The normalized spacial score (nSPS) is 29.2. The lowest BCUT2D eigenvalue weighted by Gasteiger charge is -2.44. The fourth-order valence-electron chi connectivity index (χ4n) is 3.18. The Morgan fingerprint density at radius 1 is 1.37 bits per heavy atom. The Balaban J connectivity index is 1.69. The van der Waals surface area contributed by atoms with Gasteiger partial charge in [-0.1, -0.05) is 0 Å². The third kappa shape index (κ3) is 2.45. The van der Waals surface area contributed by atoms with Crippen LogP contribution in [0.3, 0.4) is 0 Å². The lowest BCUT2D eigenvalue weighted by Crippen LogP contribution is -2.57. The summed E-state index contributed by atoms with van der Waals surface area (Å²) in [5.74, 6) is 0.841. The summed E-state index contributed by atoms with van der Waals surface area (Å²) in [4.78, 5) is 14.7. The zero-order chi connectivity index (χ0) is 13.4. The molecule has 1 amide bonds. The minimum absolute atomic E-state index is 0.0261. The third-order valence-electron chi connectivity index (χ3n) is 4.43. The van der Waals surface area contributed by atoms with E-state index in [-0.39, 0.29) is 17.7 Å². The molecule has 1 atom stereocenters. The number of rotatable bonds is 2. The second kappa shape index (κ2) is 4.85. The van der Waals surface area contributed by atoms with Crippen molar-refractivity contribution < 1.29 is 9.90 Å². The van der Waals surface area contributed by atoms with Crippen molar-refractivity contribution >= 4 is 5.91 Å². The van der Waals surface area contributed by atoms with Gasteiger partial charge in [0.05, 0.1) is 0 Å². The number of nitrogens with one attached hydrogen (secondary N) is 1. The van der Waals surface area contributed by atoms with Gasteiger partial charge in [0.15, 0.2) is 0 Å². The van der Waals surface area contributed by atoms with E-state index in [9.17, 15) is 9.90 Å². The van der Waals surface area contributed by atoms with E-state index in [1.807, 2.05) is 0 Å². The maximum Gasteiger partial charge on any atom is 0.251 e. The van der Waals surface area contributed by atoms with Crippen LogP contribution >= 0.6 is 0 Å². The molecular weight excluding hydrogens is 240 g/mol. The first-order valence-corrected chi connectivity index (χ1v) is 6.96. The summed E-state index contributed by atoms with van der Waals surface area (Å²) >= 11 is 0. The van der Waals surface area contributed by atoms with Crippen LogP contribution in [0.5, 0.6) is 5.75 Å². The predicted molar refractivity (Wildman–Crippen MR) is 73.3 cm³/mol. The summed E-state index contributed by atoms with van der Waals surface area (Å²) in [6.07, 6.45) is 2.39. The molecule has 3 aliphatic rings. The lowest BCUT2D eigenvalue weighted by atomic mass is 9.84. The van der Waals surface area contributed by atoms with Crippen molar-refractivity contribution in [3.63, 3.8) is 0 Å². The first-order chi connectivity index (χ1) is 9.13. The average molecular weight is 260 g/mol. The molecule has 0 aliphatic carbocycles. The molecule has 4 nitrogen and oxygen atoms in total. The Labute approximate surface area is 113 Å². The van der Waals surface area contributed by atoms with E-state index < -0.39 is 0 Å². The largest absolute Gasteiger partial charge is 0.508 e. The van der Waals surface area contributed by atoms with Crippen LogP contribution in [0.2, 0.25) is 0 Å². The van der Waals surface area contributed by atoms with Gasteiger partial charge in [-0.2, -0.15) is 0 Å². The van der Waals surface area contributed by atoms with Gasteiger partial charge in [-0.15, -0.1) is 0 Å². The highest BCUT2D eigenvalue weighted by Crippen LogP contribution is 2.27. The molecule has 3 saturated heterocycles. The Morgan fingerprint density at radius 3 is 2.68 bits per heavy atom. The smallest absolute Gasteiger partial charge is 0.251 e. The summed E-state index contributed by atoms with van der Waals surface area (Å²) < 4.78 is 0. The number of carbonyl (C=O) groups excluding carboxylic acids is 1. The van der Waals surface area contributed by atoms with Crippen molar-refractivity contribution in [1.82, 2.24) is 10.2 Å². The molecule has 3 fully saturated rings. The minimum Gasteiger partial charge on any atom is -0.508 e. The van der Waals surface area contributed by atoms with Gasteiger partial charge >= 0.3 is 0 Å². The molecular formula is C15H20N2O2. The summed E-state index contributed by atoms with van der Waals surface area (Å²) in [6.45, 7) is 5.14. The number of hydrogen-bond acceptors (Lipinski definition) is 3. The second-order valence-electron chi connectivity index (χ2n) is 5.72. The second-order valence-corrected chi connectivity index (χ2v) is 5.72. The van der Waals surface area contributed by atoms with Crippen molar-refractivity contribution in [2.24, 2.45) is 5.92 Å². The van der Waals surface area contributed by atoms with Gasteiger partial charge in [0.1, 0.15) is 5.75 Å². The number of aryl methyl sites for hydroxylation is 1. The van der Waals surface area contributed by atoms with E-state index in [0.717, 1.165) is 12.1 Å². The highest BCUT2D eigenvalue weighted by Gasteiger charge is 2.34. The van der Waals surface area contributed by atoms with Crippen LogP contribution < -0.4 is 5.32 Å². The Bertz CT molecular complexity index is 493. The van der Waals surface area contributed by atoms with Crippen molar-refractivity contribution in [3.05, 3.63) is 29.3 Å². The maximum atomic E-state index is 12.2. The van der Waals surface area contributed by atoms with Crippen LogP contribution in [0, 0.1) is 12.8 Å². The minimum atomic E-state index is -0.0261. The zero-order valence-electron chi connectivity index (χ0n) is 11.2. The molecule has 4 heteroatoms. The van der Waals surface area contributed by atoms with E-state index in [1.54, 1.807) is 25.1 Å². The number of hydrogen-bond donors (Lipinski definition) is 2. The fourth-order valence-corrected chi connectivity index (χ4v) is 3.18. The molecule has 19 heavy (non-hydrogen) atoms. The number of aromatic hydroxyl groups is 1. The van der Waals surface area contributed by atoms with Crippen molar-refractivity contribution in [3.8, 4) is 5.75 Å². The van der Waals surface area contributed by atoms with Crippen LogP contribution in [0.15, 0.2) is 18.2 Å². The number of nitrogens with zero attached hydrogens (tertiary/aromatic N) is 1. The van der Waals surface area contributed by atoms with Crippen LogP contribution in [0.4, 0.5) is 0 Å². The number of carbonyl (C=O) groups is 1. The van der Waals surface area contributed by atoms with Gasteiger partial charge in [0, 0.05) is 18.2 Å². The van der Waals surface area contributed by atoms with Gasteiger partial charge in [0.2, 0.25) is 0 Å². The van der Waals surface area contributed by atoms with E-state index >= 15 is 0 Å². The van der Waals surface area contributed by atoms with E-state index in [0.29, 0.717) is 11.5 Å². The number of phenols is 1. The number of piperidine rings is 3. The quantitative estimate of drug-likeness (QED) is 0.848. The topological polar surface area (TPSA) is 52.6 Å². The average Bonchev–Trinajstić information content (AvgIpc) is 2.43. The molecule has 3 aliphatic heterocycles. The summed E-state index contributed by atoms with van der Waals surface area (Å²) in [5, 5.41) is 12.6. The summed E-state index contributed by atoms with van der Waals surface area (Å²) in [7, 11) is 0. The van der Waals surface area contributed by atoms with Crippen LogP contribution in [0.1, 0.15) is 28.8 Å².